The first kappa shape index (κ1) is 14.3. The van der Waals surface area contributed by atoms with Gasteiger partial charge in [0.15, 0.2) is 0 Å². The van der Waals surface area contributed by atoms with Gasteiger partial charge in [0.05, 0.1) is 16.8 Å². The van der Waals surface area contributed by atoms with Crippen molar-refractivity contribution in [2.24, 2.45) is 0 Å². The molecule has 1 saturated heterocycles. The van der Waals surface area contributed by atoms with Gasteiger partial charge in [0.2, 0.25) is 0 Å². The molecule has 2 heterocycles. The number of benzene rings is 1. The molecule has 1 aliphatic heterocycles. The van der Waals surface area contributed by atoms with Crippen molar-refractivity contribution in [1.82, 2.24) is 14.7 Å². The van der Waals surface area contributed by atoms with Crippen molar-refractivity contribution < 1.29 is 4.79 Å². The van der Waals surface area contributed by atoms with E-state index < -0.39 is 0 Å². The van der Waals surface area contributed by atoms with E-state index in [1.54, 1.807) is 24.0 Å². The summed E-state index contributed by atoms with van der Waals surface area (Å²) in [5, 5.41) is 4.93. The van der Waals surface area contributed by atoms with E-state index >= 15 is 0 Å². The third-order valence-corrected chi connectivity index (χ3v) is 4.68. The number of rotatable bonds is 2. The second kappa shape index (κ2) is 5.63. The molecule has 1 fully saturated rings. The number of thioether (sulfide) groups is 1. The number of carbonyl (C=O) groups is 1. The number of carbonyl (C=O) groups excluding carboxylic acids is 1. The van der Waals surface area contributed by atoms with E-state index in [-0.39, 0.29) is 5.91 Å². The predicted molar refractivity (Wildman–Crippen MR) is 89.5 cm³/mol. The molecule has 0 spiro atoms. The zero-order chi connectivity index (χ0) is 15.0. The van der Waals surface area contributed by atoms with Crippen molar-refractivity contribution in [3.8, 4) is 5.69 Å². The minimum absolute atomic E-state index is 0.0829. The van der Waals surface area contributed by atoms with E-state index in [1.807, 2.05) is 30.5 Å². The van der Waals surface area contributed by atoms with Crippen LogP contribution in [0, 0.1) is 0 Å². The fourth-order valence-electron chi connectivity index (χ4n) is 1.87. The van der Waals surface area contributed by atoms with Crippen LogP contribution in [0.25, 0.3) is 11.8 Å². The molecule has 106 valence electrons. The standard InChI is InChI=1S/C14H10ClN3OS2/c1-17-13(19)12(21-14(17)20)5-9-7-16-18(8-9)11-4-2-3-10(15)6-11/h2-8H,1H3/b12-5-. The second-order valence-corrected chi connectivity index (χ2v) is 6.55. The van der Waals surface area contributed by atoms with Crippen molar-refractivity contribution in [2.45, 2.75) is 0 Å². The van der Waals surface area contributed by atoms with Crippen LogP contribution in [-0.2, 0) is 4.79 Å². The Morgan fingerprint density at radius 2 is 2.24 bits per heavy atom. The lowest BCUT2D eigenvalue weighted by atomic mass is 10.3. The van der Waals surface area contributed by atoms with Gasteiger partial charge in [-0.3, -0.25) is 9.69 Å². The summed E-state index contributed by atoms with van der Waals surface area (Å²) >= 11 is 12.4. The molecule has 2 aromatic rings. The fourth-order valence-corrected chi connectivity index (χ4v) is 3.23. The molecule has 0 N–H and O–H groups in total. The van der Waals surface area contributed by atoms with Crippen LogP contribution >= 0.6 is 35.6 Å². The zero-order valence-electron chi connectivity index (χ0n) is 11.0. The highest BCUT2D eigenvalue weighted by molar-refractivity contribution is 8.26. The maximum atomic E-state index is 11.9. The molecule has 4 nitrogen and oxygen atoms in total. The van der Waals surface area contributed by atoms with E-state index in [0.717, 1.165) is 11.3 Å². The van der Waals surface area contributed by atoms with Crippen LogP contribution in [0.5, 0.6) is 0 Å². The van der Waals surface area contributed by atoms with E-state index in [2.05, 4.69) is 5.10 Å². The van der Waals surface area contributed by atoms with Crippen molar-refractivity contribution in [3.05, 3.63) is 52.2 Å². The molecule has 0 unspecified atom stereocenters. The number of hydrogen-bond acceptors (Lipinski definition) is 4. The van der Waals surface area contributed by atoms with Crippen LogP contribution in [0.4, 0.5) is 0 Å². The molecule has 0 bridgehead atoms. The first-order valence-corrected chi connectivity index (χ1v) is 7.67. The molecular formula is C14H10ClN3OS2. The number of nitrogens with zero attached hydrogens (tertiary/aromatic N) is 3. The lowest BCUT2D eigenvalue weighted by Gasteiger charge is -2.03. The van der Waals surface area contributed by atoms with Crippen molar-refractivity contribution in [3.63, 3.8) is 0 Å². The summed E-state index contributed by atoms with van der Waals surface area (Å²) in [6.45, 7) is 0. The first-order valence-electron chi connectivity index (χ1n) is 6.07. The van der Waals surface area contributed by atoms with Gasteiger partial charge in [-0.15, -0.1) is 0 Å². The summed E-state index contributed by atoms with van der Waals surface area (Å²) in [6, 6.07) is 7.40. The Labute approximate surface area is 136 Å². The molecule has 0 saturated carbocycles. The highest BCUT2D eigenvalue weighted by atomic mass is 35.5. The van der Waals surface area contributed by atoms with Crippen LogP contribution in [0.15, 0.2) is 41.6 Å². The molecule has 0 aliphatic carbocycles. The van der Waals surface area contributed by atoms with Gasteiger partial charge in [-0.2, -0.15) is 5.10 Å². The number of amides is 1. The topological polar surface area (TPSA) is 38.1 Å². The Kier molecular flexibility index (Phi) is 3.84. The van der Waals surface area contributed by atoms with E-state index in [9.17, 15) is 4.79 Å². The molecule has 1 aliphatic rings. The van der Waals surface area contributed by atoms with Gasteiger partial charge in [0.1, 0.15) is 4.32 Å². The molecule has 0 radical (unpaired) electrons. The Morgan fingerprint density at radius 3 is 2.90 bits per heavy atom. The Morgan fingerprint density at radius 1 is 1.43 bits per heavy atom. The molecule has 3 rings (SSSR count). The van der Waals surface area contributed by atoms with Crippen molar-refractivity contribution in [2.75, 3.05) is 7.05 Å². The van der Waals surface area contributed by atoms with Gasteiger partial charge < -0.3 is 0 Å². The van der Waals surface area contributed by atoms with Gasteiger partial charge >= 0.3 is 0 Å². The van der Waals surface area contributed by atoms with Crippen molar-refractivity contribution >= 4 is 51.9 Å². The van der Waals surface area contributed by atoms with Gasteiger partial charge in [0.25, 0.3) is 5.91 Å². The summed E-state index contributed by atoms with van der Waals surface area (Å²) in [5.41, 5.74) is 1.70. The molecule has 1 amide bonds. The normalized spacial score (nSPS) is 17.0. The highest BCUT2D eigenvalue weighted by Gasteiger charge is 2.28. The molecule has 1 aromatic heterocycles. The van der Waals surface area contributed by atoms with Crippen LogP contribution in [0.1, 0.15) is 5.56 Å². The van der Waals surface area contributed by atoms with Crippen LogP contribution < -0.4 is 0 Å². The number of hydrogen-bond donors (Lipinski definition) is 0. The summed E-state index contributed by atoms with van der Waals surface area (Å²) < 4.78 is 2.28. The van der Waals surface area contributed by atoms with Gasteiger partial charge in [-0.05, 0) is 24.3 Å². The minimum atomic E-state index is -0.0829. The predicted octanol–water partition coefficient (Wildman–Crippen LogP) is 3.36. The van der Waals surface area contributed by atoms with Gasteiger partial charge in [-0.25, -0.2) is 4.68 Å². The SMILES string of the molecule is CN1C(=O)/C(=C/c2cnn(-c3cccc(Cl)c3)c2)SC1=S. The van der Waals surface area contributed by atoms with Crippen LogP contribution in [-0.4, -0.2) is 32.0 Å². The quantitative estimate of drug-likeness (QED) is 0.623. The summed E-state index contributed by atoms with van der Waals surface area (Å²) in [5.74, 6) is -0.0829. The number of likely N-dealkylation sites (N-methyl/N-ethyl adjacent to an activating group) is 1. The summed E-state index contributed by atoms with van der Waals surface area (Å²) in [4.78, 5) is 14.0. The Bertz CT molecular complexity index is 769. The lowest BCUT2D eigenvalue weighted by Crippen LogP contribution is -2.22. The van der Waals surface area contributed by atoms with E-state index in [4.69, 9.17) is 23.8 Å². The summed E-state index contributed by atoms with van der Waals surface area (Å²) in [6.07, 6.45) is 5.33. The average Bonchev–Trinajstić information content (AvgIpc) is 3.01. The zero-order valence-corrected chi connectivity index (χ0v) is 13.4. The monoisotopic (exact) mass is 335 g/mol. The van der Waals surface area contributed by atoms with Crippen LogP contribution in [0.2, 0.25) is 5.02 Å². The smallest absolute Gasteiger partial charge is 0.265 e. The molecule has 21 heavy (non-hydrogen) atoms. The number of aromatic nitrogens is 2. The molecular weight excluding hydrogens is 326 g/mol. The molecule has 7 heteroatoms. The largest absolute Gasteiger partial charge is 0.296 e. The third-order valence-electron chi connectivity index (χ3n) is 2.96. The van der Waals surface area contributed by atoms with Gasteiger partial charge in [-0.1, -0.05) is 41.6 Å². The highest BCUT2D eigenvalue weighted by Crippen LogP contribution is 2.31. The minimum Gasteiger partial charge on any atom is -0.296 e. The maximum Gasteiger partial charge on any atom is 0.265 e. The van der Waals surface area contributed by atoms with E-state index in [0.29, 0.717) is 14.2 Å². The van der Waals surface area contributed by atoms with E-state index in [1.165, 1.54) is 16.7 Å². The third kappa shape index (κ3) is 2.88. The number of halogens is 1. The van der Waals surface area contributed by atoms with Crippen molar-refractivity contribution in [1.29, 1.82) is 0 Å². The Hall–Kier alpha value is -1.63. The van der Waals surface area contributed by atoms with Crippen LogP contribution in [0.3, 0.4) is 0 Å². The average molecular weight is 336 g/mol. The fraction of sp³-hybridized carbons (Fsp3) is 0.0714. The maximum absolute atomic E-state index is 11.9. The number of thiocarbonyl (C=S) groups is 1. The molecule has 0 atom stereocenters. The second-order valence-electron chi connectivity index (χ2n) is 4.44. The first-order chi connectivity index (χ1) is 10.0. The summed E-state index contributed by atoms with van der Waals surface area (Å²) in [7, 11) is 1.67. The molecule has 1 aromatic carbocycles. The van der Waals surface area contributed by atoms with Gasteiger partial charge in [0, 0.05) is 23.8 Å². The Balaban J connectivity index is 1.89. The lowest BCUT2D eigenvalue weighted by molar-refractivity contribution is -0.121.